The van der Waals surface area contributed by atoms with E-state index in [2.05, 4.69) is 10.6 Å². The van der Waals surface area contributed by atoms with Crippen LogP contribution in [-0.2, 0) is 4.79 Å². The summed E-state index contributed by atoms with van der Waals surface area (Å²) in [4.78, 5) is 11.1. The van der Waals surface area contributed by atoms with Crippen LogP contribution in [0.25, 0.3) is 0 Å². The van der Waals surface area contributed by atoms with Gasteiger partial charge in [0.05, 0.1) is 0 Å². The quantitative estimate of drug-likeness (QED) is 0.651. The predicted octanol–water partition coefficient (Wildman–Crippen LogP) is 0.827. The lowest BCUT2D eigenvalue weighted by molar-refractivity contribution is -0.142. The fourth-order valence-corrected chi connectivity index (χ4v) is 1.92. The van der Waals surface area contributed by atoms with Crippen LogP contribution in [0.4, 0.5) is 0 Å². The van der Waals surface area contributed by atoms with Gasteiger partial charge in [-0.25, -0.2) is 0 Å². The van der Waals surface area contributed by atoms with Crippen LogP contribution in [0.1, 0.15) is 33.6 Å². The van der Waals surface area contributed by atoms with Crippen LogP contribution in [-0.4, -0.2) is 36.2 Å². The average Bonchev–Trinajstić information content (AvgIpc) is 2.13. The van der Waals surface area contributed by atoms with Gasteiger partial charge in [0.15, 0.2) is 0 Å². The average molecular weight is 214 g/mol. The molecule has 0 radical (unpaired) electrons. The number of nitrogens with one attached hydrogen (secondary N) is 2. The van der Waals surface area contributed by atoms with E-state index in [-0.39, 0.29) is 5.41 Å². The second-order valence-corrected chi connectivity index (χ2v) is 5.33. The Morgan fingerprint density at radius 2 is 1.93 bits per heavy atom. The minimum atomic E-state index is -0.749. The molecular weight excluding hydrogens is 192 g/mol. The van der Waals surface area contributed by atoms with E-state index in [0.717, 1.165) is 25.9 Å². The summed E-state index contributed by atoms with van der Waals surface area (Å²) in [5.74, 6) is -0.749. The molecular formula is C11H22N2O2. The standard InChI is InChI=1S/C11H22N2O2/c1-11(2,3)9(10(14)15)13-8-4-6-12-7-5-8/h8-9,12-13H,4-7H2,1-3H3,(H,14,15). The van der Waals surface area contributed by atoms with E-state index in [0.29, 0.717) is 6.04 Å². The molecule has 0 saturated carbocycles. The molecule has 0 bridgehead atoms. The van der Waals surface area contributed by atoms with Gasteiger partial charge in [-0.2, -0.15) is 0 Å². The van der Waals surface area contributed by atoms with E-state index in [1.165, 1.54) is 0 Å². The van der Waals surface area contributed by atoms with Crippen molar-refractivity contribution < 1.29 is 9.90 Å². The number of aliphatic carboxylic acids is 1. The van der Waals surface area contributed by atoms with Gasteiger partial charge in [0, 0.05) is 6.04 Å². The van der Waals surface area contributed by atoms with Gasteiger partial charge in [0.1, 0.15) is 6.04 Å². The number of piperidine rings is 1. The molecule has 88 valence electrons. The molecule has 0 spiro atoms. The van der Waals surface area contributed by atoms with Gasteiger partial charge < -0.3 is 15.7 Å². The summed E-state index contributed by atoms with van der Waals surface area (Å²) in [7, 11) is 0. The van der Waals surface area contributed by atoms with E-state index in [9.17, 15) is 4.79 Å². The Bertz CT molecular complexity index is 217. The van der Waals surface area contributed by atoms with Crippen molar-refractivity contribution in [2.24, 2.45) is 5.41 Å². The molecule has 0 aromatic heterocycles. The summed E-state index contributed by atoms with van der Waals surface area (Å²) in [6, 6.07) is -0.118. The maximum Gasteiger partial charge on any atom is 0.321 e. The van der Waals surface area contributed by atoms with Crippen molar-refractivity contribution in [1.82, 2.24) is 10.6 Å². The molecule has 1 rings (SSSR count). The van der Waals surface area contributed by atoms with Crippen molar-refractivity contribution >= 4 is 5.97 Å². The first-order valence-electron chi connectivity index (χ1n) is 5.61. The molecule has 1 unspecified atom stereocenters. The van der Waals surface area contributed by atoms with Crippen LogP contribution in [0.3, 0.4) is 0 Å². The third-order valence-electron chi connectivity index (χ3n) is 2.85. The molecule has 15 heavy (non-hydrogen) atoms. The summed E-state index contributed by atoms with van der Waals surface area (Å²) in [5, 5.41) is 15.7. The molecule has 0 aromatic carbocycles. The largest absolute Gasteiger partial charge is 0.480 e. The zero-order valence-electron chi connectivity index (χ0n) is 9.84. The monoisotopic (exact) mass is 214 g/mol. The first-order chi connectivity index (χ1) is 6.91. The molecule has 0 aromatic rings. The fraction of sp³-hybridized carbons (Fsp3) is 0.909. The maximum atomic E-state index is 11.1. The first-order valence-corrected chi connectivity index (χ1v) is 5.61. The van der Waals surface area contributed by atoms with Gasteiger partial charge >= 0.3 is 5.97 Å². The minimum absolute atomic E-state index is 0.239. The molecule has 4 nitrogen and oxygen atoms in total. The summed E-state index contributed by atoms with van der Waals surface area (Å²) >= 11 is 0. The van der Waals surface area contributed by atoms with E-state index in [1.807, 2.05) is 20.8 Å². The molecule has 1 atom stereocenters. The van der Waals surface area contributed by atoms with Gasteiger partial charge in [0.25, 0.3) is 0 Å². The Balaban J connectivity index is 2.54. The van der Waals surface area contributed by atoms with Crippen LogP contribution < -0.4 is 10.6 Å². The maximum absolute atomic E-state index is 11.1. The highest BCUT2D eigenvalue weighted by Gasteiger charge is 2.33. The summed E-state index contributed by atoms with van der Waals surface area (Å²) in [6.07, 6.45) is 2.03. The van der Waals surface area contributed by atoms with Gasteiger partial charge in [0.2, 0.25) is 0 Å². The van der Waals surface area contributed by atoms with E-state index >= 15 is 0 Å². The van der Waals surface area contributed by atoms with Gasteiger partial charge in [-0.3, -0.25) is 4.79 Å². The smallest absolute Gasteiger partial charge is 0.321 e. The summed E-state index contributed by atoms with van der Waals surface area (Å²) < 4.78 is 0. The SMILES string of the molecule is CC(C)(C)C(NC1CCNCC1)C(=O)O. The minimum Gasteiger partial charge on any atom is -0.480 e. The number of carboxylic acids is 1. The van der Waals surface area contributed by atoms with Gasteiger partial charge in [-0.1, -0.05) is 20.8 Å². The van der Waals surface area contributed by atoms with Gasteiger partial charge in [-0.05, 0) is 31.3 Å². The van der Waals surface area contributed by atoms with Crippen molar-refractivity contribution in [3.8, 4) is 0 Å². The number of hydrogen-bond acceptors (Lipinski definition) is 3. The zero-order valence-corrected chi connectivity index (χ0v) is 9.84. The Kier molecular flexibility index (Phi) is 4.11. The molecule has 3 N–H and O–H groups in total. The normalized spacial score (nSPS) is 21.3. The second-order valence-electron chi connectivity index (χ2n) is 5.33. The first kappa shape index (κ1) is 12.5. The summed E-state index contributed by atoms with van der Waals surface area (Å²) in [5.41, 5.74) is -0.239. The predicted molar refractivity (Wildman–Crippen MR) is 59.9 cm³/mol. The van der Waals surface area contributed by atoms with Crippen LogP contribution in [0.15, 0.2) is 0 Å². The van der Waals surface area contributed by atoms with Crippen molar-refractivity contribution in [3.05, 3.63) is 0 Å². The molecule has 1 heterocycles. The third kappa shape index (κ3) is 3.80. The lowest BCUT2D eigenvalue weighted by Crippen LogP contribution is -2.53. The number of hydrogen-bond donors (Lipinski definition) is 3. The van der Waals surface area contributed by atoms with Crippen LogP contribution >= 0.6 is 0 Å². The summed E-state index contributed by atoms with van der Waals surface area (Å²) in [6.45, 7) is 7.84. The van der Waals surface area contributed by atoms with Crippen molar-refractivity contribution in [3.63, 3.8) is 0 Å². The van der Waals surface area contributed by atoms with E-state index < -0.39 is 12.0 Å². The Morgan fingerprint density at radius 3 is 2.33 bits per heavy atom. The number of rotatable bonds is 3. The van der Waals surface area contributed by atoms with Gasteiger partial charge in [-0.15, -0.1) is 0 Å². The molecule has 1 fully saturated rings. The lowest BCUT2D eigenvalue weighted by Gasteiger charge is -2.33. The molecule has 0 amide bonds. The zero-order chi connectivity index (χ0) is 11.5. The molecule has 0 aliphatic carbocycles. The fourth-order valence-electron chi connectivity index (χ4n) is 1.92. The highest BCUT2D eigenvalue weighted by atomic mass is 16.4. The Morgan fingerprint density at radius 1 is 1.40 bits per heavy atom. The van der Waals surface area contributed by atoms with Crippen molar-refractivity contribution in [1.29, 1.82) is 0 Å². The Hall–Kier alpha value is -0.610. The molecule has 4 heteroatoms. The van der Waals surface area contributed by atoms with Crippen molar-refractivity contribution in [2.45, 2.75) is 45.7 Å². The van der Waals surface area contributed by atoms with E-state index in [4.69, 9.17) is 5.11 Å². The van der Waals surface area contributed by atoms with Crippen LogP contribution in [0.2, 0.25) is 0 Å². The second kappa shape index (κ2) is 4.94. The third-order valence-corrected chi connectivity index (χ3v) is 2.85. The topological polar surface area (TPSA) is 61.4 Å². The molecule has 1 saturated heterocycles. The molecule has 1 aliphatic rings. The van der Waals surface area contributed by atoms with Crippen LogP contribution in [0, 0.1) is 5.41 Å². The lowest BCUT2D eigenvalue weighted by atomic mass is 9.85. The highest BCUT2D eigenvalue weighted by Crippen LogP contribution is 2.21. The van der Waals surface area contributed by atoms with E-state index in [1.54, 1.807) is 0 Å². The van der Waals surface area contributed by atoms with Crippen molar-refractivity contribution in [2.75, 3.05) is 13.1 Å². The number of carbonyl (C=O) groups is 1. The number of carboxylic acid groups (broad SMARTS) is 1. The Labute approximate surface area is 91.4 Å². The highest BCUT2D eigenvalue weighted by molar-refractivity contribution is 5.74. The van der Waals surface area contributed by atoms with Crippen LogP contribution in [0.5, 0.6) is 0 Å². The molecule has 1 aliphatic heterocycles.